The van der Waals surface area contributed by atoms with Crippen molar-refractivity contribution in [3.63, 3.8) is 0 Å². The number of thiazole rings is 1. The summed E-state index contributed by atoms with van der Waals surface area (Å²) >= 11 is 8.83. The summed E-state index contributed by atoms with van der Waals surface area (Å²) in [6.07, 6.45) is -0.0214. The minimum Gasteiger partial charge on any atom is -0.455 e. The number of rotatable bonds is 6. The molecule has 9 heteroatoms. The summed E-state index contributed by atoms with van der Waals surface area (Å²) < 4.78 is 17.9. The normalized spacial score (nSPS) is 10.5. The van der Waals surface area contributed by atoms with Gasteiger partial charge in [0.05, 0.1) is 27.7 Å². The van der Waals surface area contributed by atoms with Crippen LogP contribution in [0.15, 0.2) is 41.1 Å². The predicted molar refractivity (Wildman–Crippen MR) is 100 cm³/mol. The number of anilines is 1. The number of carbonyl (C=O) groups excluding carboxylic acids is 2. The fourth-order valence-electron chi connectivity index (χ4n) is 2.02. The van der Waals surface area contributed by atoms with Crippen molar-refractivity contribution in [3.05, 3.63) is 57.6 Å². The number of carbonyl (C=O) groups is 2. The Bertz CT molecular complexity index is 928. The molecule has 0 atom stereocenters. The third-order valence-electron chi connectivity index (χ3n) is 3.18. The lowest BCUT2D eigenvalue weighted by Crippen LogP contribution is -2.21. The van der Waals surface area contributed by atoms with Crippen molar-refractivity contribution >= 4 is 51.8 Å². The van der Waals surface area contributed by atoms with Crippen molar-refractivity contribution in [1.82, 2.24) is 4.98 Å². The first-order chi connectivity index (χ1) is 12.5. The standard InChI is InChI=1S/C17H12ClFN2O3S2/c18-12-6-10(19)3-4-13(12)21-15(22)8-24-16(23)7-11-9-26-17(20-11)14-2-1-5-25-14/h1-6,9H,7-8H2,(H,21,22). The van der Waals surface area contributed by atoms with E-state index in [4.69, 9.17) is 16.3 Å². The second-order valence-electron chi connectivity index (χ2n) is 5.13. The van der Waals surface area contributed by atoms with Crippen LogP contribution in [-0.4, -0.2) is 23.5 Å². The maximum absolute atomic E-state index is 13.0. The molecule has 2 aromatic heterocycles. The zero-order chi connectivity index (χ0) is 18.5. The number of nitrogens with one attached hydrogen (secondary N) is 1. The van der Waals surface area contributed by atoms with Gasteiger partial charge in [0.2, 0.25) is 0 Å². The van der Waals surface area contributed by atoms with E-state index in [1.165, 1.54) is 23.5 Å². The third kappa shape index (κ3) is 4.87. The topological polar surface area (TPSA) is 68.3 Å². The first-order valence-corrected chi connectivity index (χ1v) is 9.54. The molecule has 0 fully saturated rings. The largest absolute Gasteiger partial charge is 0.455 e. The lowest BCUT2D eigenvalue weighted by atomic mass is 10.3. The Morgan fingerprint density at radius 2 is 2.12 bits per heavy atom. The molecular formula is C17H12ClFN2O3S2. The van der Waals surface area contributed by atoms with E-state index in [9.17, 15) is 14.0 Å². The van der Waals surface area contributed by atoms with Crippen molar-refractivity contribution in [3.8, 4) is 9.88 Å². The summed E-state index contributed by atoms with van der Waals surface area (Å²) in [5.41, 5.74) is 0.833. The highest BCUT2D eigenvalue weighted by Crippen LogP contribution is 2.28. The highest BCUT2D eigenvalue weighted by atomic mass is 35.5. The van der Waals surface area contributed by atoms with Gasteiger partial charge in [-0.1, -0.05) is 17.7 Å². The average molecular weight is 411 g/mol. The Balaban J connectivity index is 1.48. The Morgan fingerprint density at radius 3 is 2.85 bits per heavy atom. The van der Waals surface area contributed by atoms with Gasteiger partial charge in [-0.3, -0.25) is 9.59 Å². The Kier molecular flexibility index (Phi) is 5.97. The maximum Gasteiger partial charge on any atom is 0.312 e. The molecule has 0 bridgehead atoms. The second-order valence-corrected chi connectivity index (χ2v) is 7.34. The molecule has 0 spiro atoms. The quantitative estimate of drug-likeness (QED) is 0.612. The Morgan fingerprint density at radius 1 is 1.27 bits per heavy atom. The lowest BCUT2D eigenvalue weighted by Gasteiger charge is -2.07. The van der Waals surface area contributed by atoms with Gasteiger partial charge in [0.15, 0.2) is 6.61 Å². The van der Waals surface area contributed by atoms with Crippen LogP contribution in [0, 0.1) is 5.82 Å². The lowest BCUT2D eigenvalue weighted by molar-refractivity contribution is -0.146. The highest BCUT2D eigenvalue weighted by Gasteiger charge is 2.13. The molecule has 26 heavy (non-hydrogen) atoms. The van der Waals surface area contributed by atoms with Crippen molar-refractivity contribution < 1.29 is 18.7 Å². The molecule has 5 nitrogen and oxygen atoms in total. The summed E-state index contributed by atoms with van der Waals surface area (Å²) in [5.74, 6) is -1.64. The number of nitrogens with zero attached hydrogens (tertiary/aromatic N) is 1. The third-order valence-corrected chi connectivity index (χ3v) is 5.42. The predicted octanol–water partition coefficient (Wildman–Crippen LogP) is 4.39. The number of halogens is 2. The zero-order valence-corrected chi connectivity index (χ0v) is 15.6. The molecule has 0 aliphatic carbocycles. The number of amides is 1. The van der Waals surface area contributed by atoms with Crippen LogP contribution in [0.25, 0.3) is 9.88 Å². The van der Waals surface area contributed by atoms with Gasteiger partial charge in [0.1, 0.15) is 10.8 Å². The van der Waals surface area contributed by atoms with Gasteiger partial charge in [0.25, 0.3) is 5.91 Å². The molecule has 0 radical (unpaired) electrons. The van der Waals surface area contributed by atoms with E-state index in [-0.39, 0.29) is 17.1 Å². The fourth-order valence-corrected chi connectivity index (χ4v) is 3.87. The fraction of sp³-hybridized carbons (Fsp3) is 0.118. The van der Waals surface area contributed by atoms with E-state index in [1.807, 2.05) is 17.5 Å². The first-order valence-electron chi connectivity index (χ1n) is 7.40. The minimum absolute atomic E-state index is 0.0214. The summed E-state index contributed by atoms with van der Waals surface area (Å²) in [7, 11) is 0. The molecule has 3 aromatic rings. The van der Waals surface area contributed by atoms with E-state index in [1.54, 1.807) is 16.7 Å². The van der Waals surface area contributed by atoms with Crippen molar-refractivity contribution in [2.75, 3.05) is 11.9 Å². The number of hydrogen-bond donors (Lipinski definition) is 1. The van der Waals surface area contributed by atoms with Gasteiger partial charge < -0.3 is 10.1 Å². The van der Waals surface area contributed by atoms with E-state index >= 15 is 0 Å². The van der Waals surface area contributed by atoms with Gasteiger partial charge >= 0.3 is 5.97 Å². The minimum atomic E-state index is -0.565. The van der Waals surface area contributed by atoms with Crippen LogP contribution in [0.4, 0.5) is 10.1 Å². The average Bonchev–Trinajstić information content (AvgIpc) is 3.27. The van der Waals surface area contributed by atoms with Crippen molar-refractivity contribution in [1.29, 1.82) is 0 Å². The molecule has 1 amide bonds. The van der Waals surface area contributed by atoms with Crippen LogP contribution < -0.4 is 5.32 Å². The highest BCUT2D eigenvalue weighted by molar-refractivity contribution is 7.20. The molecular weight excluding hydrogens is 399 g/mol. The monoisotopic (exact) mass is 410 g/mol. The van der Waals surface area contributed by atoms with Gasteiger partial charge in [-0.05, 0) is 29.6 Å². The molecule has 0 saturated heterocycles. The molecule has 1 aromatic carbocycles. The molecule has 3 rings (SSSR count). The molecule has 0 aliphatic rings. The van der Waals surface area contributed by atoms with E-state index < -0.39 is 24.3 Å². The molecule has 0 saturated carbocycles. The van der Waals surface area contributed by atoms with Gasteiger partial charge in [-0.25, -0.2) is 9.37 Å². The smallest absolute Gasteiger partial charge is 0.312 e. The molecule has 134 valence electrons. The van der Waals surface area contributed by atoms with Crippen LogP contribution in [0.2, 0.25) is 5.02 Å². The Labute approximate surface area is 161 Å². The number of aromatic nitrogens is 1. The number of thiophene rings is 1. The summed E-state index contributed by atoms with van der Waals surface area (Å²) in [6.45, 7) is -0.464. The molecule has 1 N–H and O–H groups in total. The van der Waals surface area contributed by atoms with Crippen molar-refractivity contribution in [2.24, 2.45) is 0 Å². The Hall–Kier alpha value is -2.29. The van der Waals surface area contributed by atoms with Crippen LogP contribution in [-0.2, 0) is 20.7 Å². The SMILES string of the molecule is O=C(COC(=O)Cc1csc(-c2cccs2)n1)Nc1ccc(F)cc1Cl. The van der Waals surface area contributed by atoms with Crippen LogP contribution >= 0.6 is 34.3 Å². The number of esters is 1. The maximum atomic E-state index is 13.0. The molecule has 2 heterocycles. The van der Waals surface area contributed by atoms with E-state index in [0.29, 0.717) is 5.69 Å². The van der Waals surface area contributed by atoms with Gasteiger partial charge in [-0.15, -0.1) is 22.7 Å². The number of hydrogen-bond acceptors (Lipinski definition) is 6. The molecule has 0 aliphatic heterocycles. The van der Waals surface area contributed by atoms with Crippen LogP contribution in [0.1, 0.15) is 5.69 Å². The van der Waals surface area contributed by atoms with Crippen molar-refractivity contribution in [2.45, 2.75) is 6.42 Å². The summed E-state index contributed by atoms with van der Waals surface area (Å²) in [5, 5.41) is 7.10. The summed E-state index contributed by atoms with van der Waals surface area (Å²) in [6, 6.07) is 7.47. The summed E-state index contributed by atoms with van der Waals surface area (Å²) in [4.78, 5) is 29.1. The zero-order valence-electron chi connectivity index (χ0n) is 13.2. The van der Waals surface area contributed by atoms with Gasteiger partial charge in [0, 0.05) is 5.38 Å². The first kappa shape index (κ1) is 18.5. The number of benzene rings is 1. The van der Waals surface area contributed by atoms with E-state index in [2.05, 4.69) is 10.3 Å². The van der Waals surface area contributed by atoms with Gasteiger partial charge in [-0.2, -0.15) is 0 Å². The van der Waals surface area contributed by atoms with Crippen LogP contribution in [0.5, 0.6) is 0 Å². The van der Waals surface area contributed by atoms with E-state index in [0.717, 1.165) is 16.0 Å². The molecule has 0 unspecified atom stereocenters. The van der Waals surface area contributed by atoms with Crippen LogP contribution in [0.3, 0.4) is 0 Å². The second kappa shape index (κ2) is 8.39. The number of ether oxygens (including phenoxy) is 1.